The number of hydrogen-bond donors (Lipinski definition) is 1. The first-order valence-corrected chi connectivity index (χ1v) is 5.08. The number of halogens is 1. The molecular weight excluding hydrogens is 216 g/mol. The van der Waals surface area contributed by atoms with Gasteiger partial charge < -0.3 is 4.74 Å². The Labute approximate surface area is 80.8 Å². The third-order valence-electron chi connectivity index (χ3n) is 1.41. The molecule has 0 aliphatic rings. The van der Waals surface area contributed by atoms with Crippen molar-refractivity contribution in [2.45, 2.75) is 4.90 Å². The summed E-state index contributed by atoms with van der Waals surface area (Å²) in [5.74, 6) is 0.0231. The molecular formula is C7H7ClO4S. The van der Waals surface area contributed by atoms with Crippen LogP contribution in [0.1, 0.15) is 0 Å². The number of hydrogen-bond acceptors (Lipinski definition) is 3. The van der Waals surface area contributed by atoms with Crippen molar-refractivity contribution in [1.29, 1.82) is 0 Å². The second kappa shape index (κ2) is 3.53. The summed E-state index contributed by atoms with van der Waals surface area (Å²) in [4.78, 5) is -0.404. The van der Waals surface area contributed by atoms with Crippen LogP contribution in [0.25, 0.3) is 0 Å². The molecule has 4 nitrogen and oxygen atoms in total. The highest BCUT2D eigenvalue weighted by Crippen LogP contribution is 2.30. The summed E-state index contributed by atoms with van der Waals surface area (Å²) in [7, 11) is -3.04. The second-order valence-corrected chi connectivity index (χ2v) is 4.01. The summed E-state index contributed by atoms with van der Waals surface area (Å²) in [6, 6.07) is 4.28. The van der Waals surface area contributed by atoms with E-state index in [4.69, 9.17) is 20.9 Å². The van der Waals surface area contributed by atoms with Crippen LogP contribution in [0.4, 0.5) is 0 Å². The number of methoxy groups -OCH3 is 1. The average molecular weight is 223 g/mol. The predicted octanol–water partition coefficient (Wildman–Crippen LogP) is 1.60. The van der Waals surface area contributed by atoms with E-state index in [0.717, 1.165) is 0 Å². The average Bonchev–Trinajstić information content (AvgIpc) is 2.01. The lowest BCUT2D eigenvalue weighted by Gasteiger charge is -2.06. The highest BCUT2D eigenvalue weighted by atomic mass is 35.5. The summed E-state index contributed by atoms with van der Waals surface area (Å²) < 4.78 is 35.2. The largest absolute Gasteiger partial charge is 0.495 e. The zero-order valence-electron chi connectivity index (χ0n) is 6.69. The summed E-state index contributed by atoms with van der Waals surface area (Å²) in [5.41, 5.74) is 0. The van der Waals surface area contributed by atoms with Gasteiger partial charge in [0.1, 0.15) is 5.75 Å². The maximum Gasteiger partial charge on any atom is 0.299 e. The van der Waals surface area contributed by atoms with E-state index in [1.165, 1.54) is 25.3 Å². The van der Waals surface area contributed by atoms with Crippen molar-refractivity contribution in [3.05, 3.63) is 23.2 Å². The Bertz CT molecular complexity index is 413. The first kappa shape index (κ1) is 10.3. The molecule has 1 rings (SSSR count). The first-order valence-electron chi connectivity index (χ1n) is 3.27. The lowest BCUT2D eigenvalue weighted by Crippen LogP contribution is -2.02. The zero-order chi connectivity index (χ0) is 10.1. The zero-order valence-corrected chi connectivity index (χ0v) is 8.26. The molecule has 0 aliphatic heterocycles. The fourth-order valence-corrected chi connectivity index (χ4v) is 2.08. The van der Waals surface area contributed by atoms with Crippen LogP contribution >= 0.6 is 11.6 Å². The van der Waals surface area contributed by atoms with E-state index in [1.807, 2.05) is 0 Å². The van der Waals surface area contributed by atoms with Gasteiger partial charge in [-0.05, 0) is 12.1 Å². The molecule has 6 heteroatoms. The number of rotatable bonds is 2. The molecule has 13 heavy (non-hydrogen) atoms. The van der Waals surface area contributed by atoms with Gasteiger partial charge in [-0.15, -0.1) is 0 Å². The normalized spacial score (nSPS) is 11.3. The van der Waals surface area contributed by atoms with Crippen molar-refractivity contribution in [1.82, 2.24) is 0 Å². The van der Waals surface area contributed by atoms with Gasteiger partial charge in [-0.3, -0.25) is 4.55 Å². The van der Waals surface area contributed by atoms with Gasteiger partial charge in [0.2, 0.25) is 0 Å². The van der Waals surface area contributed by atoms with Gasteiger partial charge in [0.25, 0.3) is 10.1 Å². The molecule has 0 heterocycles. The van der Waals surface area contributed by atoms with Crippen molar-refractivity contribution < 1.29 is 17.7 Å². The summed E-state index contributed by atoms with van der Waals surface area (Å²) in [5, 5.41) is -0.0677. The van der Waals surface area contributed by atoms with Crippen LogP contribution in [-0.4, -0.2) is 20.1 Å². The maximum absolute atomic E-state index is 10.8. The number of ether oxygens (including phenoxy) is 1. The van der Waals surface area contributed by atoms with Crippen LogP contribution in [0.2, 0.25) is 5.02 Å². The Balaban J connectivity index is 3.50. The fourth-order valence-electron chi connectivity index (χ4n) is 0.900. The van der Waals surface area contributed by atoms with Gasteiger partial charge in [0, 0.05) is 0 Å². The van der Waals surface area contributed by atoms with Crippen molar-refractivity contribution in [2.24, 2.45) is 0 Å². The Kier molecular flexibility index (Phi) is 2.80. The molecule has 1 aromatic rings. The SMILES string of the molecule is COc1cccc(Cl)c1S(=O)(=O)O. The van der Waals surface area contributed by atoms with Gasteiger partial charge in [-0.1, -0.05) is 17.7 Å². The Hall–Kier alpha value is -0.780. The molecule has 0 spiro atoms. The summed E-state index contributed by atoms with van der Waals surface area (Å²) in [6.07, 6.45) is 0. The molecule has 1 aromatic carbocycles. The van der Waals surface area contributed by atoms with Gasteiger partial charge in [-0.25, -0.2) is 0 Å². The maximum atomic E-state index is 10.8. The highest BCUT2D eigenvalue weighted by molar-refractivity contribution is 7.86. The van der Waals surface area contributed by atoms with Crippen molar-refractivity contribution in [3.63, 3.8) is 0 Å². The molecule has 0 aliphatic carbocycles. The van der Waals surface area contributed by atoms with Gasteiger partial charge in [0.05, 0.1) is 12.1 Å². The third-order valence-corrected chi connectivity index (χ3v) is 2.77. The van der Waals surface area contributed by atoms with Crippen LogP contribution in [0, 0.1) is 0 Å². The Morgan fingerprint density at radius 1 is 1.46 bits per heavy atom. The summed E-state index contributed by atoms with van der Waals surface area (Å²) >= 11 is 5.57. The lowest BCUT2D eigenvalue weighted by atomic mass is 10.3. The van der Waals surface area contributed by atoms with E-state index in [-0.39, 0.29) is 10.8 Å². The van der Waals surface area contributed by atoms with Crippen molar-refractivity contribution in [2.75, 3.05) is 7.11 Å². The van der Waals surface area contributed by atoms with Crippen LogP contribution in [0.3, 0.4) is 0 Å². The van der Waals surface area contributed by atoms with E-state index in [2.05, 4.69) is 0 Å². The molecule has 0 unspecified atom stereocenters. The smallest absolute Gasteiger partial charge is 0.299 e. The topological polar surface area (TPSA) is 63.6 Å². The van der Waals surface area contributed by atoms with Crippen LogP contribution < -0.4 is 4.74 Å². The summed E-state index contributed by atoms with van der Waals surface area (Å²) in [6.45, 7) is 0. The highest BCUT2D eigenvalue weighted by Gasteiger charge is 2.19. The predicted molar refractivity (Wildman–Crippen MR) is 47.8 cm³/mol. The minimum atomic E-state index is -4.33. The van der Waals surface area contributed by atoms with E-state index in [1.54, 1.807) is 0 Å². The minimum absolute atomic E-state index is 0.0231. The molecule has 1 N–H and O–H groups in total. The lowest BCUT2D eigenvalue weighted by molar-refractivity contribution is 0.397. The molecule has 0 radical (unpaired) electrons. The van der Waals surface area contributed by atoms with E-state index >= 15 is 0 Å². The molecule has 0 aromatic heterocycles. The Morgan fingerprint density at radius 3 is 2.46 bits per heavy atom. The van der Waals surface area contributed by atoms with Crippen LogP contribution in [0.15, 0.2) is 23.1 Å². The third kappa shape index (κ3) is 2.12. The molecule has 0 fully saturated rings. The standard InChI is InChI=1S/C7H7ClO4S/c1-12-6-4-2-3-5(8)7(6)13(9,10)11/h2-4H,1H3,(H,9,10,11). The molecule has 0 bridgehead atoms. The molecule has 0 saturated heterocycles. The number of benzene rings is 1. The fraction of sp³-hybridized carbons (Fsp3) is 0.143. The second-order valence-electron chi connectivity index (χ2n) is 2.25. The van der Waals surface area contributed by atoms with Gasteiger partial charge in [-0.2, -0.15) is 8.42 Å². The van der Waals surface area contributed by atoms with Crippen molar-refractivity contribution in [3.8, 4) is 5.75 Å². The minimum Gasteiger partial charge on any atom is -0.495 e. The molecule has 72 valence electrons. The van der Waals surface area contributed by atoms with E-state index < -0.39 is 15.0 Å². The molecule has 0 saturated carbocycles. The quantitative estimate of drug-likeness (QED) is 0.772. The molecule has 0 amide bonds. The van der Waals surface area contributed by atoms with Gasteiger partial charge >= 0.3 is 0 Å². The van der Waals surface area contributed by atoms with Crippen LogP contribution in [0.5, 0.6) is 5.75 Å². The monoisotopic (exact) mass is 222 g/mol. The van der Waals surface area contributed by atoms with Crippen LogP contribution in [-0.2, 0) is 10.1 Å². The Morgan fingerprint density at radius 2 is 2.08 bits per heavy atom. The first-order chi connectivity index (χ1) is 5.96. The van der Waals surface area contributed by atoms with Gasteiger partial charge in [0.15, 0.2) is 4.90 Å². The van der Waals surface area contributed by atoms with E-state index in [9.17, 15) is 8.42 Å². The van der Waals surface area contributed by atoms with Crippen molar-refractivity contribution >= 4 is 21.7 Å². The van der Waals surface area contributed by atoms with E-state index in [0.29, 0.717) is 0 Å². The molecule has 0 atom stereocenters.